The van der Waals surface area contributed by atoms with Crippen LogP contribution >= 0.6 is 0 Å². The second kappa shape index (κ2) is 7.31. The Balaban J connectivity index is 1.33. The summed E-state index contributed by atoms with van der Waals surface area (Å²) in [6.45, 7) is 3.36. The number of hydrogen-bond acceptors (Lipinski definition) is 4. The van der Waals surface area contributed by atoms with Crippen molar-refractivity contribution >= 4 is 17.5 Å². The van der Waals surface area contributed by atoms with Gasteiger partial charge in [0.2, 0.25) is 12.7 Å². The number of carbonyl (C=O) groups is 2. The zero-order chi connectivity index (χ0) is 18.8. The Labute approximate surface area is 158 Å². The van der Waals surface area contributed by atoms with E-state index in [1.807, 2.05) is 42.2 Å². The maximum atomic E-state index is 12.6. The van der Waals surface area contributed by atoms with E-state index in [0.29, 0.717) is 48.7 Å². The minimum Gasteiger partial charge on any atom is -0.454 e. The van der Waals surface area contributed by atoms with Crippen molar-refractivity contribution in [3.8, 4) is 11.5 Å². The second-order valence-corrected chi connectivity index (χ2v) is 6.99. The molecule has 0 radical (unpaired) electrons. The van der Waals surface area contributed by atoms with Gasteiger partial charge in [-0.3, -0.25) is 9.59 Å². The monoisotopic (exact) mass is 366 g/mol. The average molecular weight is 366 g/mol. The maximum Gasteiger partial charge on any atom is 0.253 e. The predicted molar refractivity (Wildman–Crippen MR) is 101 cm³/mol. The molecule has 27 heavy (non-hydrogen) atoms. The molecule has 0 saturated carbocycles. The van der Waals surface area contributed by atoms with Gasteiger partial charge >= 0.3 is 0 Å². The van der Waals surface area contributed by atoms with Crippen LogP contribution in [0, 0.1) is 12.8 Å². The summed E-state index contributed by atoms with van der Waals surface area (Å²) in [6.07, 6.45) is 1.32. The van der Waals surface area contributed by atoms with Crippen LogP contribution in [0.1, 0.15) is 28.8 Å². The van der Waals surface area contributed by atoms with E-state index in [1.54, 1.807) is 12.1 Å². The summed E-state index contributed by atoms with van der Waals surface area (Å²) in [5, 5.41) is 2.95. The largest absolute Gasteiger partial charge is 0.454 e. The lowest BCUT2D eigenvalue weighted by Crippen LogP contribution is -2.41. The highest BCUT2D eigenvalue weighted by Gasteiger charge is 2.28. The first-order chi connectivity index (χ1) is 13.1. The lowest BCUT2D eigenvalue weighted by atomic mass is 9.95. The number of nitrogens with zero attached hydrogens (tertiary/aromatic N) is 1. The Morgan fingerprint density at radius 1 is 1.04 bits per heavy atom. The van der Waals surface area contributed by atoms with Crippen LogP contribution in [0.25, 0.3) is 0 Å². The molecule has 6 nitrogen and oxygen atoms in total. The van der Waals surface area contributed by atoms with Crippen molar-refractivity contribution in [2.45, 2.75) is 19.8 Å². The third-order valence-corrected chi connectivity index (χ3v) is 5.06. The second-order valence-electron chi connectivity index (χ2n) is 6.99. The first-order valence-electron chi connectivity index (χ1n) is 9.16. The number of aryl methyl sites for hydroxylation is 1. The van der Waals surface area contributed by atoms with Crippen LogP contribution in [0.5, 0.6) is 11.5 Å². The highest BCUT2D eigenvalue weighted by molar-refractivity contribution is 5.95. The van der Waals surface area contributed by atoms with E-state index >= 15 is 0 Å². The number of amides is 2. The van der Waals surface area contributed by atoms with Gasteiger partial charge in [-0.05, 0) is 44.0 Å². The number of nitrogens with one attached hydrogen (secondary N) is 1. The quantitative estimate of drug-likeness (QED) is 0.906. The van der Waals surface area contributed by atoms with Crippen molar-refractivity contribution in [1.82, 2.24) is 4.90 Å². The van der Waals surface area contributed by atoms with Crippen LogP contribution in [0.3, 0.4) is 0 Å². The molecule has 2 aliphatic rings. The molecule has 0 atom stereocenters. The van der Waals surface area contributed by atoms with Crippen molar-refractivity contribution in [1.29, 1.82) is 0 Å². The topological polar surface area (TPSA) is 67.9 Å². The third-order valence-electron chi connectivity index (χ3n) is 5.06. The number of fused-ring (bicyclic) bond motifs is 1. The molecule has 6 heteroatoms. The van der Waals surface area contributed by atoms with Gasteiger partial charge in [-0.1, -0.05) is 17.7 Å². The Kier molecular flexibility index (Phi) is 4.71. The Morgan fingerprint density at radius 2 is 1.81 bits per heavy atom. The van der Waals surface area contributed by atoms with E-state index in [9.17, 15) is 9.59 Å². The van der Waals surface area contributed by atoms with Gasteiger partial charge in [0.05, 0.1) is 0 Å². The van der Waals surface area contributed by atoms with E-state index in [2.05, 4.69) is 5.32 Å². The number of benzene rings is 2. The smallest absolute Gasteiger partial charge is 0.253 e. The first-order valence-corrected chi connectivity index (χ1v) is 9.16. The molecule has 1 fully saturated rings. The third kappa shape index (κ3) is 3.74. The molecule has 140 valence electrons. The van der Waals surface area contributed by atoms with Crippen molar-refractivity contribution in [2.24, 2.45) is 5.92 Å². The summed E-state index contributed by atoms with van der Waals surface area (Å²) < 4.78 is 10.6. The zero-order valence-corrected chi connectivity index (χ0v) is 15.2. The van der Waals surface area contributed by atoms with E-state index < -0.39 is 0 Å². The summed E-state index contributed by atoms with van der Waals surface area (Å²) in [5.41, 5.74) is 2.47. The first kappa shape index (κ1) is 17.4. The maximum absolute atomic E-state index is 12.6. The minimum atomic E-state index is -0.100. The fraction of sp³-hybridized carbons (Fsp3) is 0.333. The van der Waals surface area contributed by atoms with Crippen LogP contribution < -0.4 is 14.8 Å². The van der Waals surface area contributed by atoms with Gasteiger partial charge in [0.15, 0.2) is 11.5 Å². The van der Waals surface area contributed by atoms with Gasteiger partial charge in [0, 0.05) is 36.3 Å². The van der Waals surface area contributed by atoms with Crippen LogP contribution in [0.2, 0.25) is 0 Å². The van der Waals surface area contributed by atoms with Gasteiger partial charge in [-0.2, -0.15) is 0 Å². The number of piperidine rings is 1. The van der Waals surface area contributed by atoms with E-state index in [-0.39, 0.29) is 24.5 Å². The van der Waals surface area contributed by atoms with Crippen molar-refractivity contribution < 1.29 is 19.1 Å². The number of anilines is 1. The standard InChI is InChI=1S/C21H22N2O4/c1-14-3-2-4-16(11-14)21(25)23-9-7-15(8-10-23)20(24)22-17-5-6-18-19(12-17)27-13-26-18/h2-6,11-12,15H,7-10,13H2,1H3,(H,22,24). The number of likely N-dealkylation sites (tertiary alicyclic amines) is 1. The molecule has 0 aliphatic carbocycles. The normalized spacial score (nSPS) is 16.3. The summed E-state index contributed by atoms with van der Waals surface area (Å²) in [7, 11) is 0. The summed E-state index contributed by atoms with van der Waals surface area (Å²) in [6, 6.07) is 13.0. The Hall–Kier alpha value is -3.02. The van der Waals surface area contributed by atoms with Crippen LogP contribution in [0.15, 0.2) is 42.5 Å². The average Bonchev–Trinajstić information content (AvgIpc) is 3.15. The van der Waals surface area contributed by atoms with Gasteiger partial charge in [-0.25, -0.2) is 0 Å². The number of hydrogen-bond donors (Lipinski definition) is 1. The molecule has 0 aromatic heterocycles. The molecule has 0 bridgehead atoms. The molecular weight excluding hydrogens is 344 g/mol. The number of ether oxygens (including phenoxy) is 2. The van der Waals surface area contributed by atoms with Crippen LogP contribution in [0.4, 0.5) is 5.69 Å². The van der Waals surface area contributed by atoms with Gasteiger partial charge in [0.25, 0.3) is 5.91 Å². The molecule has 0 unspecified atom stereocenters. The van der Waals surface area contributed by atoms with E-state index in [0.717, 1.165) is 5.56 Å². The molecule has 1 N–H and O–H groups in total. The summed E-state index contributed by atoms with van der Waals surface area (Å²) in [4.78, 5) is 27.0. The van der Waals surface area contributed by atoms with Crippen LogP contribution in [-0.4, -0.2) is 36.6 Å². The summed E-state index contributed by atoms with van der Waals surface area (Å²) in [5.74, 6) is 1.25. The highest BCUT2D eigenvalue weighted by atomic mass is 16.7. The Morgan fingerprint density at radius 3 is 2.59 bits per heavy atom. The SMILES string of the molecule is Cc1cccc(C(=O)N2CCC(C(=O)Nc3ccc4c(c3)OCO4)CC2)c1. The van der Waals surface area contributed by atoms with Crippen LogP contribution in [-0.2, 0) is 4.79 Å². The Bertz CT molecular complexity index is 872. The molecule has 2 amide bonds. The minimum absolute atomic E-state index is 0.0171. The molecule has 2 aromatic rings. The number of rotatable bonds is 3. The fourth-order valence-electron chi connectivity index (χ4n) is 3.52. The summed E-state index contributed by atoms with van der Waals surface area (Å²) >= 11 is 0. The molecule has 0 spiro atoms. The highest BCUT2D eigenvalue weighted by Crippen LogP contribution is 2.34. The lowest BCUT2D eigenvalue weighted by Gasteiger charge is -2.31. The molecule has 2 aliphatic heterocycles. The molecule has 2 aromatic carbocycles. The molecular formula is C21H22N2O4. The van der Waals surface area contributed by atoms with Gasteiger partial charge < -0.3 is 19.7 Å². The van der Waals surface area contributed by atoms with Gasteiger partial charge in [-0.15, -0.1) is 0 Å². The number of carbonyl (C=O) groups excluding carboxylic acids is 2. The van der Waals surface area contributed by atoms with E-state index in [4.69, 9.17) is 9.47 Å². The predicted octanol–water partition coefficient (Wildman–Crippen LogP) is 3.21. The lowest BCUT2D eigenvalue weighted by molar-refractivity contribution is -0.121. The fourth-order valence-corrected chi connectivity index (χ4v) is 3.52. The van der Waals surface area contributed by atoms with Crippen molar-refractivity contribution in [3.63, 3.8) is 0 Å². The zero-order valence-electron chi connectivity index (χ0n) is 15.2. The van der Waals surface area contributed by atoms with Gasteiger partial charge in [0.1, 0.15) is 0 Å². The van der Waals surface area contributed by atoms with Crippen molar-refractivity contribution in [2.75, 3.05) is 25.2 Å². The molecule has 1 saturated heterocycles. The van der Waals surface area contributed by atoms with Crippen molar-refractivity contribution in [3.05, 3.63) is 53.6 Å². The van der Waals surface area contributed by atoms with E-state index in [1.165, 1.54) is 0 Å². The molecule has 4 rings (SSSR count). The molecule has 2 heterocycles.